The van der Waals surface area contributed by atoms with Crippen molar-refractivity contribution in [3.05, 3.63) is 53.6 Å². The van der Waals surface area contributed by atoms with Crippen LogP contribution in [0.25, 0.3) is 11.1 Å². The third-order valence-electron chi connectivity index (χ3n) is 5.64. The predicted molar refractivity (Wildman–Crippen MR) is 116 cm³/mol. The minimum atomic E-state index is -0.341. The molecule has 29 heavy (non-hydrogen) atoms. The van der Waals surface area contributed by atoms with E-state index in [1.54, 1.807) is 24.9 Å². The van der Waals surface area contributed by atoms with E-state index < -0.39 is 0 Å². The predicted octanol–water partition coefficient (Wildman–Crippen LogP) is 3.93. The zero-order chi connectivity index (χ0) is 21.0. The highest BCUT2D eigenvalue weighted by Crippen LogP contribution is 2.31. The summed E-state index contributed by atoms with van der Waals surface area (Å²) in [5.74, 6) is -0.0863. The summed E-state index contributed by atoms with van der Waals surface area (Å²) in [5.41, 5.74) is 4.22. The number of aryl methyl sites for hydroxylation is 1. The Morgan fingerprint density at radius 1 is 1.10 bits per heavy atom. The summed E-state index contributed by atoms with van der Waals surface area (Å²) in [6, 6.07) is 13.3. The van der Waals surface area contributed by atoms with Gasteiger partial charge in [-0.25, -0.2) is 0 Å². The standard InChI is InChI=1S/C24H30N2O3/c1-16-8-10-18(11-9-16)20-12-21(23(28)25-17(2)15-27)14-22(13-20)26(3)24(29)19-6-4-5-7-19/h8-14,17,19,27H,4-7,15H2,1-3H3,(H,25,28)/t17-/m0/s1. The van der Waals surface area contributed by atoms with E-state index in [9.17, 15) is 14.7 Å². The maximum atomic E-state index is 12.9. The second kappa shape index (κ2) is 9.23. The number of carbonyl (C=O) groups excluding carboxylic acids is 2. The number of amides is 2. The Morgan fingerprint density at radius 3 is 2.38 bits per heavy atom. The molecule has 0 saturated heterocycles. The normalized spacial score (nSPS) is 15.2. The molecule has 1 aliphatic carbocycles. The van der Waals surface area contributed by atoms with Crippen molar-refractivity contribution in [3.63, 3.8) is 0 Å². The summed E-state index contributed by atoms with van der Waals surface area (Å²) in [7, 11) is 1.78. The van der Waals surface area contributed by atoms with Crippen LogP contribution >= 0.6 is 0 Å². The van der Waals surface area contributed by atoms with E-state index in [-0.39, 0.29) is 30.4 Å². The number of aliphatic hydroxyl groups is 1. The lowest BCUT2D eigenvalue weighted by atomic mass is 9.99. The number of hydrogen-bond acceptors (Lipinski definition) is 3. The number of benzene rings is 2. The lowest BCUT2D eigenvalue weighted by molar-refractivity contribution is -0.121. The zero-order valence-corrected chi connectivity index (χ0v) is 17.4. The molecule has 0 radical (unpaired) electrons. The Morgan fingerprint density at radius 2 is 1.76 bits per heavy atom. The summed E-state index contributed by atoms with van der Waals surface area (Å²) in [4.78, 5) is 27.3. The maximum absolute atomic E-state index is 12.9. The fraction of sp³-hybridized carbons (Fsp3) is 0.417. The molecule has 0 spiro atoms. The van der Waals surface area contributed by atoms with E-state index in [0.717, 1.165) is 42.4 Å². The van der Waals surface area contributed by atoms with Gasteiger partial charge < -0.3 is 15.3 Å². The smallest absolute Gasteiger partial charge is 0.251 e. The summed E-state index contributed by atoms with van der Waals surface area (Å²) < 4.78 is 0. The molecule has 5 nitrogen and oxygen atoms in total. The van der Waals surface area contributed by atoms with Crippen LogP contribution in [0.4, 0.5) is 5.69 Å². The fourth-order valence-corrected chi connectivity index (χ4v) is 3.78. The quantitative estimate of drug-likeness (QED) is 0.780. The number of nitrogens with one attached hydrogen (secondary N) is 1. The van der Waals surface area contributed by atoms with Crippen LogP contribution < -0.4 is 10.2 Å². The number of hydrogen-bond donors (Lipinski definition) is 2. The van der Waals surface area contributed by atoms with Crippen LogP contribution in [0.15, 0.2) is 42.5 Å². The highest BCUT2D eigenvalue weighted by molar-refractivity contribution is 6.00. The molecule has 1 aliphatic rings. The molecular weight excluding hydrogens is 364 g/mol. The second-order valence-electron chi connectivity index (χ2n) is 8.07. The molecule has 2 amide bonds. The Bertz CT molecular complexity index is 870. The molecule has 0 unspecified atom stereocenters. The Balaban J connectivity index is 1.98. The summed E-state index contributed by atoms with van der Waals surface area (Å²) >= 11 is 0. The van der Waals surface area contributed by atoms with Crippen molar-refractivity contribution in [2.45, 2.75) is 45.6 Å². The van der Waals surface area contributed by atoms with Gasteiger partial charge in [-0.2, -0.15) is 0 Å². The van der Waals surface area contributed by atoms with Crippen molar-refractivity contribution in [2.24, 2.45) is 5.92 Å². The summed E-state index contributed by atoms with van der Waals surface area (Å²) in [6.07, 6.45) is 4.06. The van der Waals surface area contributed by atoms with Crippen molar-refractivity contribution in [2.75, 3.05) is 18.6 Å². The molecule has 0 bridgehead atoms. The fourth-order valence-electron chi connectivity index (χ4n) is 3.78. The largest absolute Gasteiger partial charge is 0.394 e. The molecule has 0 aromatic heterocycles. The molecule has 2 aromatic carbocycles. The Kier molecular flexibility index (Phi) is 6.70. The molecule has 0 aliphatic heterocycles. The van der Waals surface area contributed by atoms with Gasteiger partial charge in [0.05, 0.1) is 6.61 Å². The van der Waals surface area contributed by atoms with Crippen LogP contribution in [0, 0.1) is 12.8 Å². The molecule has 1 fully saturated rings. The van der Waals surface area contributed by atoms with Gasteiger partial charge in [-0.1, -0.05) is 42.7 Å². The van der Waals surface area contributed by atoms with Crippen molar-refractivity contribution in [1.82, 2.24) is 5.32 Å². The molecule has 1 saturated carbocycles. The summed E-state index contributed by atoms with van der Waals surface area (Å²) in [5, 5.41) is 12.1. The first kappa shape index (κ1) is 21.1. The van der Waals surface area contributed by atoms with Gasteiger partial charge in [0.1, 0.15) is 0 Å². The van der Waals surface area contributed by atoms with Crippen LogP contribution in [0.3, 0.4) is 0 Å². The van der Waals surface area contributed by atoms with E-state index in [4.69, 9.17) is 0 Å². The van der Waals surface area contributed by atoms with Crippen LogP contribution in [-0.2, 0) is 4.79 Å². The van der Waals surface area contributed by atoms with Crippen molar-refractivity contribution in [3.8, 4) is 11.1 Å². The molecule has 0 heterocycles. The average molecular weight is 395 g/mol. The van der Waals surface area contributed by atoms with Gasteiger partial charge in [0.25, 0.3) is 5.91 Å². The first-order valence-corrected chi connectivity index (χ1v) is 10.3. The van der Waals surface area contributed by atoms with Crippen molar-refractivity contribution >= 4 is 17.5 Å². The molecule has 1 atom stereocenters. The molecular formula is C24H30N2O3. The molecule has 5 heteroatoms. The van der Waals surface area contributed by atoms with Gasteiger partial charge in [0, 0.05) is 30.3 Å². The van der Waals surface area contributed by atoms with Crippen LogP contribution in [0.2, 0.25) is 0 Å². The highest BCUT2D eigenvalue weighted by atomic mass is 16.3. The van der Waals surface area contributed by atoms with Crippen LogP contribution in [0.1, 0.15) is 48.5 Å². The third-order valence-corrected chi connectivity index (χ3v) is 5.64. The molecule has 3 rings (SSSR count). The lowest BCUT2D eigenvalue weighted by Gasteiger charge is -2.23. The third kappa shape index (κ3) is 5.04. The first-order valence-electron chi connectivity index (χ1n) is 10.3. The van der Waals surface area contributed by atoms with E-state index in [0.29, 0.717) is 11.3 Å². The minimum Gasteiger partial charge on any atom is -0.394 e. The second-order valence-corrected chi connectivity index (χ2v) is 8.07. The zero-order valence-electron chi connectivity index (χ0n) is 17.4. The number of rotatable bonds is 6. The maximum Gasteiger partial charge on any atom is 0.251 e. The van der Waals surface area contributed by atoms with E-state index in [2.05, 4.69) is 5.32 Å². The number of carbonyl (C=O) groups is 2. The van der Waals surface area contributed by atoms with E-state index in [1.807, 2.05) is 43.3 Å². The minimum absolute atomic E-state index is 0.0646. The first-order chi connectivity index (χ1) is 13.9. The van der Waals surface area contributed by atoms with Gasteiger partial charge in [-0.15, -0.1) is 0 Å². The van der Waals surface area contributed by atoms with Crippen molar-refractivity contribution < 1.29 is 14.7 Å². The van der Waals surface area contributed by atoms with Crippen molar-refractivity contribution in [1.29, 1.82) is 0 Å². The number of aliphatic hydroxyl groups excluding tert-OH is 1. The SMILES string of the molecule is Cc1ccc(-c2cc(C(=O)N[C@@H](C)CO)cc(N(C)C(=O)C3CCCC3)c2)cc1. The Hall–Kier alpha value is -2.66. The molecule has 2 N–H and O–H groups in total. The monoisotopic (exact) mass is 394 g/mol. The Labute approximate surface area is 172 Å². The van der Waals surface area contributed by atoms with Crippen LogP contribution in [0.5, 0.6) is 0 Å². The van der Waals surface area contributed by atoms with E-state index in [1.165, 1.54) is 0 Å². The van der Waals surface area contributed by atoms with Crippen LogP contribution in [-0.4, -0.2) is 36.6 Å². The van der Waals surface area contributed by atoms with E-state index >= 15 is 0 Å². The van der Waals surface area contributed by atoms with Gasteiger partial charge in [0.2, 0.25) is 5.91 Å². The number of nitrogens with zero attached hydrogens (tertiary/aromatic N) is 1. The van der Waals surface area contributed by atoms with Gasteiger partial charge in [0.15, 0.2) is 0 Å². The average Bonchev–Trinajstić information content (AvgIpc) is 3.27. The molecule has 2 aromatic rings. The number of anilines is 1. The van der Waals surface area contributed by atoms with Gasteiger partial charge in [-0.3, -0.25) is 9.59 Å². The summed E-state index contributed by atoms with van der Waals surface area (Å²) in [6.45, 7) is 3.65. The molecule has 154 valence electrons. The highest BCUT2D eigenvalue weighted by Gasteiger charge is 2.27. The van der Waals surface area contributed by atoms with Gasteiger partial charge >= 0.3 is 0 Å². The van der Waals surface area contributed by atoms with Gasteiger partial charge in [-0.05, 0) is 56.0 Å². The lowest BCUT2D eigenvalue weighted by Crippen LogP contribution is -2.35. The topological polar surface area (TPSA) is 69.6 Å².